The summed E-state index contributed by atoms with van der Waals surface area (Å²) in [6.45, 7) is 0. The summed E-state index contributed by atoms with van der Waals surface area (Å²) in [5.74, 6) is -0.0985. The lowest BCUT2D eigenvalue weighted by Gasteiger charge is -1.94. The monoisotopic (exact) mass is 172 g/mol. The molecule has 0 unspecified atom stereocenters. The molecule has 0 spiro atoms. The Morgan fingerprint density at radius 3 is 2.82 bits per heavy atom. The maximum absolute atomic E-state index is 10.8. The molecule has 1 aromatic heterocycles. The van der Waals surface area contributed by atoms with Gasteiger partial charge in [-0.1, -0.05) is 12.2 Å². The number of aromatic nitrogens is 2. The molecule has 0 saturated carbocycles. The number of aromatic amines is 1. The Kier molecular flexibility index (Phi) is 2.09. The molecule has 0 aromatic carbocycles. The largest absolute Gasteiger partial charge is 0.493 e. The average Bonchev–Trinajstić information content (AvgIpc) is 2.17. The smallest absolute Gasteiger partial charge is 0.328 e. The summed E-state index contributed by atoms with van der Waals surface area (Å²) in [4.78, 5) is 13.1. The van der Waals surface area contributed by atoms with Gasteiger partial charge < -0.3 is 5.11 Å². The lowest BCUT2D eigenvalue weighted by molar-refractivity contribution is 0.449. The second-order valence-electron chi connectivity index (χ2n) is 2.16. The molecule has 0 fully saturated rings. The number of imidazole rings is 1. The molecule has 0 atom stereocenters. The van der Waals surface area contributed by atoms with Gasteiger partial charge in [0.2, 0.25) is 5.88 Å². The fourth-order valence-corrected chi connectivity index (χ4v) is 1.01. The molecule has 0 aliphatic rings. The van der Waals surface area contributed by atoms with Crippen molar-refractivity contribution in [3.8, 4) is 5.88 Å². The standard InChI is InChI=1S/C6H8N2O2S/c1-8-4(2-3-11)5(9)7-6(8)10/h3,9H,2H2,1H3,(H,7,10). The van der Waals surface area contributed by atoms with E-state index in [1.807, 2.05) is 0 Å². The Morgan fingerprint density at radius 1 is 1.82 bits per heavy atom. The van der Waals surface area contributed by atoms with Crippen molar-refractivity contribution < 1.29 is 5.11 Å². The van der Waals surface area contributed by atoms with Crippen LogP contribution in [0.1, 0.15) is 5.69 Å². The minimum absolute atomic E-state index is 0.0985. The Morgan fingerprint density at radius 2 is 2.45 bits per heavy atom. The van der Waals surface area contributed by atoms with E-state index in [9.17, 15) is 4.79 Å². The van der Waals surface area contributed by atoms with E-state index >= 15 is 0 Å². The average molecular weight is 172 g/mol. The highest BCUT2D eigenvalue weighted by Crippen LogP contribution is 2.08. The zero-order valence-corrected chi connectivity index (χ0v) is 6.81. The molecular weight excluding hydrogens is 164 g/mol. The van der Waals surface area contributed by atoms with Crippen LogP contribution in [0.25, 0.3) is 0 Å². The molecule has 0 radical (unpaired) electrons. The number of rotatable bonds is 2. The molecule has 0 bridgehead atoms. The summed E-state index contributed by atoms with van der Waals surface area (Å²) in [6.07, 6.45) is 0.413. The molecule has 4 nitrogen and oxygen atoms in total. The first kappa shape index (κ1) is 8.00. The van der Waals surface area contributed by atoms with Crippen LogP contribution >= 0.6 is 12.2 Å². The Balaban J connectivity index is 3.22. The molecule has 11 heavy (non-hydrogen) atoms. The third kappa shape index (κ3) is 1.32. The van der Waals surface area contributed by atoms with Gasteiger partial charge in [-0.05, 0) is 5.37 Å². The van der Waals surface area contributed by atoms with Crippen molar-refractivity contribution in [1.82, 2.24) is 9.55 Å². The van der Waals surface area contributed by atoms with Crippen molar-refractivity contribution in [2.75, 3.05) is 0 Å². The summed E-state index contributed by atoms with van der Waals surface area (Å²) in [7, 11) is 1.58. The van der Waals surface area contributed by atoms with E-state index in [-0.39, 0.29) is 11.6 Å². The summed E-state index contributed by atoms with van der Waals surface area (Å²) in [6, 6.07) is 0. The molecular formula is C6H8N2O2S. The summed E-state index contributed by atoms with van der Waals surface area (Å²) in [5, 5.41) is 10.6. The van der Waals surface area contributed by atoms with Gasteiger partial charge in [-0.3, -0.25) is 9.55 Å². The highest BCUT2D eigenvalue weighted by Gasteiger charge is 2.07. The summed E-state index contributed by atoms with van der Waals surface area (Å²) in [5.41, 5.74) is 0.194. The molecule has 0 aliphatic heterocycles. The highest BCUT2D eigenvalue weighted by atomic mass is 32.1. The number of hydrogen-bond acceptors (Lipinski definition) is 3. The van der Waals surface area contributed by atoms with Crippen molar-refractivity contribution in [1.29, 1.82) is 0 Å². The number of nitrogens with one attached hydrogen (secondary N) is 1. The predicted octanol–water partition coefficient (Wildman–Crippen LogP) is -0.0388. The van der Waals surface area contributed by atoms with Crippen molar-refractivity contribution in [3.05, 3.63) is 16.2 Å². The molecule has 2 N–H and O–H groups in total. The lowest BCUT2D eigenvalue weighted by Crippen LogP contribution is -2.14. The number of nitrogens with zero attached hydrogens (tertiary/aromatic N) is 1. The number of thiocarbonyl (C=S) groups is 1. The van der Waals surface area contributed by atoms with Gasteiger partial charge in [0.25, 0.3) is 0 Å². The van der Waals surface area contributed by atoms with Crippen LogP contribution in [0.2, 0.25) is 0 Å². The fraction of sp³-hybridized carbons (Fsp3) is 0.333. The highest BCUT2D eigenvalue weighted by molar-refractivity contribution is 7.78. The van der Waals surface area contributed by atoms with Crippen LogP contribution in [0.4, 0.5) is 0 Å². The molecule has 0 aliphatic carbocycles. The zero-order valence-electron chi connectivity index (χ0n) is 6.00. The predicted molar refractivity (Wildman–Crippen MR) is 45.1 cm³/mol. The zero-order chi connectivity index (χ0) is 8.43. The van der Waals surface area contributed by atoms with Crippen LogP contribution in [0.15, 0.2) is 4.79 Å². The van der Waals surface area contributed by atoms with Gasteiger partial charge in [0.05, 0.1) is 5.69 Å². The van der Waals surface area contributed by atoms with E-state index in [1.165, 1.54) is 9.93 Å². The third-order valence-corrected chi connectivity index (χ3v) is 1.65. The second kappa shape index (κ2) is 2.87. The van der Waals surface area contributed by atoms with Gasteiger partial charge in [0.1, 0.15) is 0 Å². The van der Waals surface area contributed by atoms with E-state index in [0.717, 1.165) is 0 Å². The fourth-order valence-electron chi connectivity index (χ4n) is 0.851. The maximum atomic E-state index is 10.8. The van der Waals surface area contributed by atoms with Gasteiger partial charge >= 0.3 is 5.69 Å². The van der Waals surface area contributed by atoms with Crippen LogP contribution < -0.4 is 5.69 Å². The van der Waals surface area contributed by atoms with E-state index in [4.69, 9.17) is 5.11 Å². The van der Waals surface area contributed by atoms with Crippen LogP contribution in [0.5, 0.6) is 5.88 Å². The van der Waals surface area contributed by atoms with Gasteiger partial charge in [0.15, 0.2) is 0 Å². The third-order valence-electron chi connectivity index (χ3n) is 1.48. The molecule has 1 heterocycles. The molecule has 5 heteroatoms. The minimum Gasteiger partial charge on any atom is -0.493 e. The van der Waals surface area contributed by atoms with Crippen molar-refractivity contribution in [2.24, 2.45) is 7.05 Å². The van der Waals surface area contributed by atoms with E-state index < -0.39 is 0 Å². The van der Waals surface area contributed by atoms with Crippen molar-refractivity contribution >= 4 is 17.6 Å². The summed E-state index contributed by atoms with van der Waals surface area (Å²) >= 11 is 4.60. The number of aromatic hydroxyl groups is 1. The van der Waals surface area contributed by atoms with Gasteiger partial charge in [-0.2, -0.15) is 0 Å². The Bertz CT molecular complexity index is 326. The van der Waals surface area contributed by atoms with E-state index in [0.29, 0.717) is 12.1 Å². The van der Waals surface area contributed by atoms with Crippen molar-refractivity contribution in [3.63, 3.8) is 0 Å². The minimum atomic E-state index is -0.325. The first-order valence-electron chi connectivity index (χ1n) is 3.07. The van der Waals surface area contributed by atoms with Crippen LogP contribution in [0, 0.1) is 0 Å². The first-order chi connectivity index (χ1) is 5.16. The quantitative estimate of drug-likeness (QED) is 0.615. The van der Waals surface area contributed by atoms with Crippen LogP contribution in [-0.4, -0.2) is 20.0 Å². The van der Waals surface area contributed by atoms with Crippen molar-refractivity contribution in [2.45, 2.75) is 6.42 Å². The number of H-pyrrole nitrogens is 1. The maximum Gasteiger partial charge on any atom is 0.328 e. The number of hydrogen-bond donors (Lipinski definition) is 2. The Hall–Kier alpha value is -1.10. The van der Waals surface area contributed by atoms with Gasteiger partial charge in [0, 0.05) is 13.5 Å². The second-order valence-corrected chi connectivity index (χ2v) is 2.49. The molecule has 1 aromatic rings. The first-order valence-corrected chi connectivity index (χ1v) is 3.54. The summed E-state index contributed by atoms with van der Waals surface area (Å²) < 4.78 is 1.33. The van der Waals surface area contributed by atoms with Gasteiger partial charge in [-0.25, -0.2) is 4.79 Å². The van der Waals surface area contributed by atoms with Gasteiger partial charge in [-0.15, -0.1) is 0 Å². The normalized spacial score (nSPS) is 9.91. The topological polar surface area (TPSA) is 58.0 Å². The van der Waals surface area contributed by atoms with E-state index in [1.54, 1.807) is 7.05 Å². The van der Waals surface area contributed by atoms with Crippen LogP contribution in [-0.2, 0) is 13.5 Å². The Labute approximate surface area is 68.5 Å². The molecule has 0 amide bonds. The molecule has 60 valence electrons. The van der Waals surface area contributed by atoms with Crippen LogP contribution in [0.3, 0.4) is 0 Å². The SMILES string of the molecule is Cn1c(CC=S)c(O)[nH]c1=O. The molecule has 0 saturated heterocycles. The lowest BCUT2D eigenvalue weighted by atomic mass is 10.3. The molecule has 1 rings (SSSR count). The van der Waals surface area contributed by atoms with E-state index in [2.05, 4.69) is 17.2 Å².